The first-order valence-corrected chi connectivity index (χ1v) is 4.50. The molecule has 1 amide bonds. The average Bonchev–Trinajstić information content (AvgIpc) is 2.47. The van der Waals surface area contributed by atoms with Crippen LogP contribution in [0.25, 0.3) is 0 Å². The molecule has 1 rings (SSSR count). The molecular formula is C7H10N4OS. The Labute approximate surface area is 79.7 Å². The first-order valence-electron chi connectivity index (χ1n) is 3.62. The SMILES string of the molecule is CC(=O)N/N=C(\C)c1csc(N)n1. The molecule has 0 aliphatic heterocycles. The number of hydrogen-bond acceptors (Lipinski definition) is 5. The van der Waals surface area contributed by atoms with Gasteiger partial charge in [-0.2, -0.15) is 5.10 Å². The van der Waals surface area contributed by atoms with Crippen molar-refractivity contribution in [1.82, 2.24) is 10.4 Å². The van der Waals surface area contributed by atoms with E-state index in [0.717, 1.165) is 0 Å². The molecule has 0 bridgehead atoms. The van der Waals surface area contributed by atoms with Gasteiger partial charge in [-0.3, -0.25) is 4.79 Å². The van der Waals surface area contributed by atoms with Crippen molar-refractivity contribution in [2.45, 2.75) is 13.8 Å². The Bertz CT molecular complexity index is 344. The zero-order chi connectivity index (χ0) is 9.84. The van der Waals surface area contributed by atoms with E-state index in [0.29, 0.717) is 16.5 Å². The third kappa shape index (κ3) is 2.83. The number of hydrazone groups is 1. The second-order valence-corrected chi connectivity index (χ2v) is 3.33. The summed E-state index contributed by atoms with van der Waals surface area (Å²) in [5.41, 5.74) is 9.10. The highest BCUT2D eigenvalue weighted by Gasteiger charge is 2.01. The minimum absolute atomic E-state index is 0.206. The molecule has 0 radical (unpaired) electrons. The fourth-order valence-electron chi connectivity index (χ4n) is 0.674. The van der Waals surface area contributed by atoms with E-state index in [1.54, 1.807) is 12.3 Å². The maximum absolute atomic E-state index is 10.5. The van der Waals surface area contributed by atoms with Crippen LogP contribution < -0.4 is 11.2 Å². The van der Waals surface area contributed by atoms with Gasteiger partial charge in [-0.05, 0) is 6.92 Å². The van der Waals surface area contributed by atoms with Crippen molar-refractivity contribution in [2.75, 3.05) is 5.73 Å². The third-order valence-electron chi connectivity index (χ3n) is 1.27. The number of nitrogens with two attached hydrogens (primary N) is 1. The zero-order valence-electron chi connectivity index (χ0n) is 7.37. The van der Waals surface area contributed by atoms with Gasteiger partial charge in [-0.25, -0.2) is 10.4 Å². The second-order valence-electron chi connectivity index (χ2n) is 2.44. The lowest BCUT2D eigenvalue weighted by Gasteiger charge is -1.95. The number of rotatable bonds is 2. The van der Waals surface area contributed by atoms with Crippen LogP contribution in [0.5, 0.6) is 0 Å². The van der Waals surface area contributed by atoms with Crippen molar-refractivity contribution in [3.63, 3.8) is 0 Å². The van der Waals surface area contributed by atoms with Gasteiger partial charge < -0.3 is 5.73 Å². The number of carbonyl (C=O) groups is 1. The fourth-order valence-corrected chi connectivity index (χ4v) is 1.28. The highest BCUT2D eigenvalue weighted by Crippen LogP contribution is 2.11. The van der Waals surface area contributed by atoms with Gasteiger partial charge >= 0.3 is 0 Å². The lowest BCUT2D eigenvalue weighted by atomic mass is 10.3. The van der Waals surface area contributed by atoms with E-state index in [-0.39, 0.29) is 5.91 Å². The van der Waals surface area contributed by atoms with Crippen LogP contribution >= 0.6 is 11.3 Å². The van der Waals surface area contributed by atoms with Crippen molar-refractivity contribution in [3.05, 3.63) is 11.1 Å². The molecule has 1 heterocycles. The number of thiazole rings is 1. The predicted molar refractivity (Wildman–Crippen MR) is 52.6 cm³/mol. The number of aromatic nitrogens is 1. The number of anilines is 1. The summed E-state index contributed by atoms with van der Waals surface area (Å²) in [4.78, 5) is 14.5. The maximum atomic E-state index is 10.5. The molecule has 1 aromatic rings. The summed E-state index contributed by atoms with van der Waals surface area (Å²) in [5, 5.41) is 6.09. The number of carbonyl (C=O) groups excluding carboxylic acids is 1. The summed E-state index contributed by atoms with van der Waals surface area (Å²) in [7, 11) is 0. The molecule has 0 fully saturated rings. The van der Waals surface area contributed by atoms with Crippen LogP contribution in [0.4, 0.5) is 5.13 Å². The predicted octanol–water partition coefficient (Wildman–Crippen LogP) is 0.585. The Hall–Kier alpha value is -1.43. The normalized spacial score (nSPS) is 11.4. The number of amides is 1. The average molecular weight is 198 g/mol. The molecule has 3 N–H and O–H groups in total. The minimum Gasteiger partial charge on any atom is -0.375 e. The Kier molecular flexibility index (Phi) is 2.97. The molecule has 5 nitrogen and oxygen atoms in total. The number of nitrogen functional groups attached to an aromatic ring is 1. The lowest BCUT2D eigenvalue weighted by Crippen LogP contribution is -2.15. The van der Waals surface area contributed by atoms with E-state index >= 15 is 0 Å². The number of nitrogens with zero attached hydrogens (tertiary/aromatic N) is 2. The molecule has 0 aromatic carbocycles. The maximum Gasteiger partial charge on any atom is 0.236 e. The van der Waals surface area contributed by atoms with Crippen LogP contribution in [0.2, 0.25) is 0 Å². The molecule has 0 aliphatic carbocycles. The van der Waals surface area contributed by atoms with Crippen molar-refractivity contribution in [2.24, 2.45) is 5.10 Å². The molecule has 0 atom stereocenters. The van der Waals surface area contributed by atoms with E-state index in [1.807, 2.05) is 0 Å². The monoisotopic (exact) mass is 198 g/mol. The van der Waals surface area contributed by atoms with E-state index in [2.05, 4.69) is 15.5 Å². The Morgan fingerprint density at radius 1 is 1.69 bits per heavy atom. The van der Waals surface area contributed by atoms with Crippen LogP contribution in [0.3, 0.4) is 0 Å². The molecular weight excluding hydrogens is 188 g/mol. The molecule has 0 spiro atoms. The van der Waals surface area contributed by atoms with Crippen LogP contribution in [0.15, 0.2) is 10.5 Å². The van der Waals surface area contributed by atoms with Gasteiger partial charge in [0.15, 0.2) is 5.13 Å². The van der Waals surface area contributed by atoms with Crippen LogP contribution in [-0.4, -0.2) is 16.6 Å². The van der Waals surface area contributed by atoms with E-state index < -0.39 is 0 Å². The van der Waals surface area contributed by atoms with Crippen molar-refractivity contribution >= 4 is 28.1 Å². The van der Waals surface area contributed by atoms with E-state index in [9.17, 15) is 4.79 Å². The van der Waals surface area contributed by atoms with Crippen LogP contribution in [0, 0.1) is 0 Å². The highest BCUT2D eigenvalue weighted by atomic mass is 32.1. The number of hydrogen-bond donors (Lipinski definition) is 2. The second kappa shape index (κ2) is 3.99. The molecule has 0 aliphatic rings. The summed E-state index contributed by atoms with van der Waals surface area (Å²) in [6.45, 7) is 3.15. The Morgan fingerprint density at radius 2 is 2.38 bits per heavy atom. The first kappa shape index (κ1) is 9.66. The largest absolute Gasteiger partial charge is 0.375 e. The summed E-state index contributed by atoms with van der Waals surface area (Å²) in [5.74, 6) is -0.206. The van der Waals surface area contributed by atoms with Gasteiger partial charge in [0.25, 0.3) is 0 Å². The molecule has 0 saturated heterocycles. The van der Waals surface area contributed by atoms with Crippen molar-refractivity contribution < 1.29 is 4.79 Å². The summed E-state index contributed by atoms with van der Waals surface area (Å²) in [6.07, 6.45) is 0. The quantitative estimate of drug-likeness (QED) is 0.539. The van der Waals surface area contributed by atoms with E-state index in [4.69, 9.17) is 5.73 Å². The first-order chi connectivity index (χ1) is 6.09. The molecule has 13 heavy (non-hydrogen) atoms. The summed E-state index contributed by atoms with van der Waals surface area (Å²) >= 11 is 1.34. The summed E-state index contributed by atoms with van der Waals surface area (Å²) in [6, 6.07) is 0. The molecule has 1 aromatic heterocycles. The standard InChI is InChI=1S/C7H10N4OS/c1-4(10-11-5(2)12)6-3-13-7(8)9-6/h3H,1-2H3,(H2,8,9)(H,11,12)/b10-4+. The van der Waals surface area contributed by atoms with Crippen LogP contribution in [0.1, 0.15) is 19.5 Å². The molecule has 0 saturated carbocycles. The summed E-state index contributed by atoms with van der Waals surface area (Å²) < 4.78 is 0. The van der Waals surface area contributed by atoms with E-state index in [1.165, 1.54) is 18.3 Å². The van der Waals surface area contributed by atoms with Crippen molar-refractivity contribution in [1.29, 1.82) is 0 Å². The lowest BCUT2D eigenvalue weighted by molar-refractivity contribution is -0.118. The minimum atomic E-state index is -0.206. The van der Waals surface area contributed by atoms with Gasteiger partial charge in [-0.1, -0.05) is 0 Å². The topological polar surface area (TPSA) is 80.4 Å². The van der Waals surface area contributed by atoms with Gasteiger partial charge in [0, 0.05) is 12.3 Å². The number of nitrogens with one attached hydrogen (secondary N) is 1. The fraction of sp³-hybridized carbons (Fsp3) is 0.286. The Morgan fingerprint density at radius 3 is 2.85 bits per heavy atom. The van der Waals surface area contributed by atoms with Crippen LogP contribution in [-0.2, 0) is 4.79 Å². The van der Waals surface area contributed by atoms with Gasteiger partial charge in [0.1, 0.15) is 0 Å². The Balaban J connectivity index is 2.72. The van der Waals surface area contributed by atoms with Gasteiger partial charge in [0.05, 0.1) is 11.4 Å². The molecule has 0 unspecified atom stereocenters. The van der Waals surface area contributed by atoms with Gasteiger partial charge in [-0.15, -0.1) is 11.3 Å². The molecule has 70 valence electrons. The van der Waals surface area contributed by atoms with Crippen molar-refractivity contribution in [3.8, 4) is 0 Å². The molecule has 6 heteroatoms. The zero-order valence-corrected chi connectivity index (χ0v) is 8.18. The highest BCUT2D eigenvalue weighted by molar-refractivity contribution is 7.13. The third-order valence-corrected chi connectivity index (χ3v) is 1.95. The van der Waals surface area contributed by atoms with Gasteiger partial charge in [0.2, 0.25) is 5.91 Å². The smallest absolute Gasteiger partial charge is 0.236 e.